The fourth-order valence-electron chi connectivity index (χ4n) is 4.09. The van der Waals surface area contributed by atoms with Crippen molar-refractivity contribution >= 4 is 0 Å². The van der Waals surface area contributed by atoms with E-state index >= 15 is 0 Å². The highest BCUT2D eigenvalue weighted by Gasteiger charge is 2.28. The maximum atomic E-state index is 13.8. The third-order valence-corrected chi connectivity index (χ3v) is 5.65. The molecule has 2 aliphatic rings. The Kier molecular flexibility index (Phi) is 5.31. The highest BCUT2D eigenvalue weighted by atomic mass is 19.1. The smallest absolute Gasteiger partial charge is 0.241 e. The molecule has 0 aliphatic carbocycles. The Morgan fingerprint density at radius 2 is 2.00 bits per heavy atom. The largest absolute Gasteiger partial charge is 0.338 e. The lowest BCUT2D eigenvalue weighted by molar-refractivity contribution is 0.139. The van der Waals surface area contributed by atoms with Crippen molar-refractivity contribution < 1.29 is 8.91 Å². The molecule has 1 unspecified atom stereocenters. The molecule has 6 heteroatoms. The van der Waals surface area contributed by atoms with E-state index in [1.54, 1.807) is 13.0 Å². The van der Waals surface area contributed by atoms with Crippen LogP contribution >= 0.6 is 0 Å². The summed E-state index contributed by atoms with van der Waals surface area (Å²) in [6, 6.07) is 5.62. The van der Waals surface area contributed by atoms with Crippen LogP contribution in [0.1, 0.15) is 43.6 Å². The quantitative estimate of drug-likeness (QED) is 0.817. The van der Waals surface area contributed by atoms with Crippen LogP contribution in [0.25, 0.3) is 11.4 Å². The van der Waals surface area contributed by atoms with E-state index in [0.29, 0.717) is 35.4 Å². The molecule has 26 heavy (non-hydrogen) atoms. The van der Waals surface area contributed by atoms with Crippen LogP contribution < -0.4 is 0 Å². The number of halogens is 1. The van der Waals surface area contributed by atoms with Gasteiger partial charge in [-0.25, -0.2) is 4.39 Å². The predicted octanol–water partition coefficient (Wildman–Crippen LogP) is 3.63. The van der Waals surface area contributed by atoms with Crippen molar-refractivity contribution in [3.05, 3.63) is 35.5 Å². The molecule has 0 radical (unpaired) electrons. The highest BCUT2D eigenvalue weighted by Crippen LogP contribution is 2.24. The Labute approximate surface area is 154 Å². The van der Waals surface area contributed by atoms with Crippen LogP contribution in [0.5, 0.6) is 0 Å². The molecule has 2 saturated heterocycles. The van der Waals surface area contributed by atoms with Gasteiger partial charge in [0.25, 0.3) is 0 Å². The number of nitrogens with zero attached hydrogens (tertiary/aromatic N) is 4. The summed E-state index contributed by atoms with van der Waals surface area (Å²) in [5.74, 6) is 0.840. The zero-order valence-corrected chi connectivity index (χ0v) is 15.5. The topological polar surface area (TPSA) is 45.4 Å². The molecule has 3 heterocycles. The number of benzene rings is 1. The van der Waals surface area contributed by atoms with Gasteiger partial charge in [-0.05, 0) is 63.9 Å². The lowest BCUT2D eigenvalue weighted by atomic mass is 10.1. The number of piperidine rings is 1. The lowest BCUT2D eigenvalue weighted by Gasteiger charge is -2.32. The molecule has 5 nitrogen and oxygen atoms in total. The van der Waals surface area contributed by atoms with Gasteiger partial charge in [-0.2, -0.15) is 4.98 Å². The van der Waals surface area contributed by atoms with E-state index in [-0.39, 0.29) is 5.82 Å². The predicted molar refractivity (Wildman–Crippen MR) is 98.2 cm³/mol. The molecule has 1 aromatic carbocycles. The average molecular weight is 358 g/mol. The summed E-state index contributed by atoms with van der Waals surface area (Å²) < 4.78 is 19.2. The molecule has 2 aliphatic heterocycles. The number of hydrogen-bond donors (Lipinski definition) is 0. The summed E-state index contributed by atoms with van der Waals surface area (Å²) in [5, 5.41) is 4.05. The number of hydrogen-bond acceptors (Lipinski definition) is 5. The van der Waals surface area contributed by atoms with Gasteiger partial charge in [0.15, 0.2) is 0 Å². The third-order valence-electron chi connectivity index (χ3n) is 5.65. The van der Waals surface area contributed by atoms with Crippen LogP contribution in [-0.2, 0) is 6.54 Å². The van der Waals surface area contributed by atoms with E-state index in [4.69, 9.17) is 4.52 Å². The zero-order valence-electron chi connectivity index (χ0n) is 15.5. The van der Waals surface area contributed by atoms with Gasteiger partial charge in [-0.15, -0.1) is 0 Å². The number of aryl methyl sites for hydroxylation is 1. The summed E-state index contributed by atoms with van der Waals surface area (Å²) in [6.07, 6.45) is 6.48. The van der Waals surface area contributed by atoms with Crippen LogP contribution in [0, 0.1) is 12.7 Å². The molecule has 0 amide bonds. The minimum atomic E-state index is -0.241. The molecule has 1 atom stereocenters. The molecule has 0 spiro atoms. The van der Waals surface area contributed by atoms with Crippen LogP contribution in [0.3, 0.4) is 0 Å². The molecule has 0 saturated carbocycles. The fraction of sp³-hybridized carbons (Fsp3) is 0.600. The standard InChI is InChI=1S/C20H27FN4O/c1-15-7-8-16(12-18(15)21)20-22-19(26-23-20)14-25-11-5-6-17(25)13-24-9-3-2-4-10-24/h7-8,12,17H,2-6,9-11,13-14H2,1H3. The van der Waals surface area contributed by atoms with Gasteiger partial charge in [0.05, 0.1) is 6.54 Å². The summed E-state index contributed by atoms with van der Waals surface area (Å²) in [5.41, 5.74) is 1.28. The molecule has 0 bridgehead atoms. The van der Waals surface area contributed by atoms with E-state index in [1.165, 1.54) is 51.3 Å². The second-order valence-electron chi connectivity index (χ2n) is 7.60. The Balaban J connectivity index is 1.40. The van der Waals surface area contributed by atoms with Gasteiger partial charge in [0.1, 0.15) is 5.82 Å². The third kappa shape index (κ3) is 3.96. The summed E-state index contributed by atoms with van der Waals surface area (Å²) >= 11 is 0. The molecule has 0 N–H and O–H groups in total. The molecular weight excluding hydrogens is 331 g/mol. The summed E-state index contributed by atoms with van der Waals surface area (Å²) in [6.45, 7) is 7.11. The van der Waals surface area contributed by atoms with Gasteiger partial charge in [-0.1, -0.05) is 23.7 Å². The zero-order chi connectivity index (χ0) is 17.9. The van der Waals surface area contributed by atoms with Crippen molar-refractivity contribution in [3.8, 4) is 11.4 Å². The summed E-state index contributed by atoms with van der Waals surface area (Å²) in [7, 11) is 0. The van der Waals surface area contributed by atoms with Crippen molar-refractivity contribution in [3.63, 3.8) is 0 Å². The highest BCUT2D eigenvalue weighted by molar-refractivity contribution is 5.54. The first-order valence-electron chi connectivity index (χ1n) is 9.74. The second-order valence-corrected chi connectivity index (χ2v) is 7.60. The number of likely N-dealkylation sites (tertiary alicyclic amines) is 2. The van der Waals surface area contributed by atoms with Gasteiger partial charge in [0.2, 0.25) is 11.7 Å². The Morgan fingerprint density at radius 1 is 1.15 bits per heavy atom. The van der Waals surface area contributed by atoms with E-state index in [0.717, 1.165) is 13.1 Å². The minimum Gasteiger partial charge on any atom is -0.338 e. The Morgan fingerprint density at radius 3 is 2.81 bits per heavy atom. The van der Waals surface area contributed by atoms with Crippen LogP contribution in [0.4, 0.5) is 4.39 Å². The van der Waals surface area contributed by atoms with Crippen molar-refractivity contribution in [2.75, 3.05) is 26.2 Å². The van der Waals surface area contributed by atoms with Crippen LogP contribution in [-0.4, -0.2) is 52.2 Å². The van der Waals surface area contributed by atoms with E-state index in [9.17, 15) is 4.39 Å². The van der Waals surface area contributed by atoms with E-state index in [1.807, 2.05) is 6.07 Å². The first-order chi connectivity index (χ1) is 12.7. The van der Waals surface area contributed by atoms with Gasteiger partial charge >= 0.3 is 0 Å². The Bertz CT molecular complexity index is 741. The van der Waals surface area contributed by atoms with E-state index < -0.39 is 0 Å². The molecular formula is C20H27FN4O. The molecule has 1 aromatic heterocycles. The van der Waals surface area contributed by atoms with Crippen LogP contribution in [0.15, 0.2) is 22.7 Å². The maximum absolute atomic E-state index is 13.8. The SMILES string of the molecule is Cc1ccc(-c2noc(CN3CCCC3CN3CCCCC3)n2)cc1F. The van der Waals surface area contributed by atoms with Gasteiger partial charge in [-0.3, -0.25) is 4.90 Å². The first-order valence-corrected chi connectivity index (χ1v) is 9.74. The molecule has 2 fully saturated rings. The first kappa shape index (κ1) is 17.6. The van der Waals surface area contributed by atoms with Crippen LogP contribution in [0.2, 0.25) is 0 Å². The number of rotatable bonds is 5. The van der Waals surface area contributed by atoms with Crippen molar-refractivity contribution in [2.24, 2.45) is 0 Å². The van der Waals surface area contributed by atoms with Gasteiger partial charge in [0, 0.05) is 18.2 Å². The molecule has 4 rings (SSSR count). The normalized spacial score (nSPS) is 22.2. The van der Waals surface area contributed by atoms with Gasteiger partial charge < -0.3 is 9.42 Å². The number of aromatic nitrogens is 2. The molecule has 2 aromatic rings. The Hall–Kier alpha value is -1.79. The summed E-state index contributed by atoms with van der Waals surface area (Å²) in [4.78, 5) is 9.55. The van der Waals surface area contributed by atoms with Crippen molar-refractivity contribution in [1.29, 1.82) is 0 Å². The lowest BCUT2D eigenvalue weighted by Crippen LogP contribution is -2.42. The maximum Gasteiger partial charge on any atom is 0.241 e. The van der Waals surface area contributed by atoms with Crippen molar-refractivity contribution in [2.45, 2.75) is 51.6 Å². The second kappa shape index (κ2) is 7.84. The molecule has 140 valence electrons. The monoisotopic (exact) mass is 358 g/mol. The van der Waals surface area contributed by atoms with Crippen molar-refractivity contribution in [1.82, 2.24) is 19.9 Å². The minimum absolute atomic E-state index is 0.241. The fourth-order valence-corrected chi connectivity index (χ4v) is 4.09. The van der Waals surface area contributed by atoms with E-state index in [2.05, 4.69) is 19.9 Å². The average Bonchev–Trinajstić information content (AvgIpc) is 3.29.